The molecule has 3 nitrogen and oxygen atoms in total. The summed E-state index contributed by atoms with van der Waals surface area (Å²) in [6, 6.07) is 1.18. The van der Waals surface area contributed by atoms with E-state index < -0.39 is 0 Å². The molecular weight excluding hydrogens is 198 g/mol. The fourth-order valence-electron chi connectivity index (χ4n) is 2.60. The molecule has 1 aliphatic carbocycles. The number of nitrogens with zero attached hydrogens (tertiary/aromatic N) is 2. The average molecular weight is 225 g/mol. The molecule has 3 heteroatoms. The van der Waals surface area contributed by atoms with Crippen LogP contribution in [0.2, 0.25) is 0 Å². The van der Waals surface area contributed by atoms with Crippen LogP contribution in [0.3, 0.4) is 0 Å². The van der Waals surface area contributed by atoms with Gasteiger partial charge in [0.2, 0.25) is 0 Å². The lowest BCUT2D eigenvalue weighted by Crippen LogP contribution is -2.49. The van der Waals surface area contributed by atoms with Crippen LogP contribution in [-0.4, -0.2) is 54.6 Å². The SMILES string of the molecule is CC(C)N1CCN(CCC(N)C2CC2)CC1. The molecule has 2 N–H and O–H groups in total. The summed E-state index contributed by atoms with van der Waals surface area (Å²) in [5.41, 5.74) is 6.13. The van der Waals surface area contributed by atoms with Gasteiger partial charge in [-0.1, -0.05) is 0 Å². The molecule has 1 heterocycles. The number of nitrogens with two attached hydrogens (primary N) is 1. The standard InChI is InChI=1S/C13H27N3/c1-11(2)16-9-7-15(8-10-16)6-5-13(14)12-3-4-12/h11-13H,3-10,14H2,1-2H3. The van der Waals surface area contributed by atoms with Crippen molar-refractivity contribution >= 4 is 0 Å². The third kappa shape index (κ3) is 3.44. The molecule has 1 atom stereocenters. The van der Waals surface area contributed by atoms with E-state index in [0.29, 0.717) is 12.1 Å². The van der Waals surface area contributed by atoms with Crippen molar-refractivity contribution < 1.29 is 0 Å². The number of rotatable bonds is 5. The molecule has 0 bridgehead atoms. The molecule has 0 amide bonds. The highest BCUT2D eigenvalue weighted by atomic mass is 15.3. The van der Waals surface area contributed by atoms with Gasteiger partial charge in [-0.25, -0.2) is 0 Å². The summed E-state index contributed by atoms with van der Waals surface area (Å²) >= 11 is 0. The Kier molecular flexibility index (Phi) is 4.22. The molecule has 0 spiro atoms. The molecule has 0 aromatic heterocycles. The normalized spacial score (nSPS) is 26.2. The minimum absolute atomic E-state index is 0.475. The van der Waals surface area contributed by atoms with Crippen molar-refractivity contribution in [2.24, 2.45) is 11.7 Å². The van der Waals surface area contributed by atoms with E-state index in [9.17, 15) is 0 Å². The molecule has 2 rings (SSSR count). The van der Waals surface area contributed by atoms with E-state index in [0.717, 1.165) is 5.92 Å². The Bertz CT molecular complexity index is 205. The summed E-state index contributed by atoms with van der Waals surface area (Å²) < 4.78 is 0. The topological polar surface area (TPSA) is 32.5 Å². The maximum absolute atomic E-state index is 6.13. The summed E-state index contributed by atoms with van der Waals surface area (Å²) in [7, 11) is 0. The van der Waals surface area contributed by atoms with Crippen molar-refractivity contribution in [1.82, 2.24) is 9.80 Å². The van der Waals surface area contributed by atoms with E-state index in [1.807, 2.05) is 0 Å². The molecule has 16 heavy (non-hydrogen) atoms. The maximum atomic E-state index is 6.13. The Labute approximate surface area is 100.0 Å². The molecule has 94 valence electrons. The molecule has 2 fully saturated rings. The summed E-state index contributed by atoms with van der Waals surface area (Å²) in [6.07, 6.45) is 3.96. The van der Waals surface area contributed by atoms with Crippen molar-refractivity contribution in [3.05, 3.63) is 0 Å². The maximum Gasteiger partial charge on any atom is 0.0113 e. The minimum Gasteiger partial charge on any atom is -0.327 e. The molecule has 1 saturated carbocycles. The number of piperazine rings is 1. The monoisotopic (exact) mass is 225 g/mol. The zero-order valence-corrected chi connectivity index (χ0v) is 10.9. The first-order valence-electron chi connectivity index (χ1n) is 6.89. The van der Waals surface area contributed by atoms with Crippen LogP contribution in [0.4, 0.5) is 0 Å². The van der Waals surface area contributed by atoms with Gasteiger partial charge in [0.15, 0.2) is 0 Å². The van der Waals surface area contributed by atoms with Gasteiger partial charge in [-0.3, -0.25) is 4.90 Å². The van der Waals surface area contributed by atoms with Gasteiger partial charge in [0.05, 0.1) is 0 Å². The Hall–Kier alpha value is -0.120. The Morgan fingerprint density at radius 1 is 1.12 bits per heavy atom. The lowest BCUT2D eigenvalue weighted by atomic mass is 10.1. The van der Waals surface area contributed by atoms with Gasteiger partial charge in [-0.05, 0) is 45.6 Å². The van der Waals surface area contributed by atoms with Crippen molar-refractivity contribution in [2.75, 3.05) is 32.7 Å². The highest BCUT2D eigenvalue weighted by Gasteiger charge is 2.28. The third-order valence-corrected chi connectivity index (χ3v) is 4.14. The van der Waals surface area contributed by atoms with E-state index in [2.05, 4.69) is 23.6 Å². The highest BCUT2D eigenvalue weighted by Crippen LogP contribution is 2.32. The second-order valence-corrected chi connectivity index (χ2v) is 5.76. The van der Waals surface area contributed by atoms with Crippen LogP contribution in [0.5, 0.6) is 0 Å². The molecule has 1 saturated heterocycles. The Morgan fingerprint density at radius 3 is 2.25 bits per heavy atom. The van der Waals surface area contributed by atoms with Gasteiger partial charge < -0.3 is 10.6 Å². The fourth-order valence-corrected chi connectivity index (χ4v) is 2.60. The summed E-state index contributed by atoms with van der Waals surface area (Å²) in [4.78, 5) is 5.15. The molecule has 0 radical (unpaired) electrons. The largest absolute Gasteiger partial charge is 0.327 e. The molecule has 1 unspecified atom stereocenters. The van der Waals surface area contributed by atoms with Crippen LogP contribution in [0, 0.1) is 5.92 Å². The van der Waals surface area contributed by atoms with Crippen LogP contribution in [-0.2, 0) is 0 Å². The Morgan fingerprint density at radius 2 is 1.75 bits per heavy atom. The second-order valence-electron chi connectivity index (χ2n) is 5.76. The van der Waals surface area contributed by atoms with Gasteiger partial charge in [-0.15, -0.1) is 0 Å². The Balaban J connectivity index is 1.61. The fraction of sp³-hybridized carbons (Fsp3) is 1.00. The summed E-state index contributed by atoms with van der Waals surface area (Å²) in [5, 5.41) is 0. The van der Waals surface area contributed by atoms with E-state index in [1.54, 1.807) is 0 Å². The van der Waals surface area contributed by atoms with Crippen molar-refractivity contribution in [2.45, 2.75) is 45.2 Å². The zero-order chi connectivity index (χ0) is 11.5. The van der Waals surface area contributed by atoms with Crippen LogP contribution in [0.25, 0.3) is 0 Å². The molecular formula is C13H27N3. The molecule has 0 aromatic rings. The molecule has 2 aliphatic rings. The average Bonchev–Trinajstić information content (AvgIpc) is 3.10. The lowest BCUT2D eigenvalue weighted by Gasteiger charge is -2.37. The number of hydrogen-bond donors (Lipinski definition) is 1. The van der Waals surface area contributed by atoms with Crippen molar-refractivity contribution in [3.63, 3.8) is 0 Å². The first kappa shape index (κ1) is 12.3. The zero-order valence-electron chi connectivity index (χ0n) is 10.9. The van der Waals surface area contributed by atoms with E-state index in [4.69, 9.17) is 5.73 Å². The second kappa shape index (κ2) is 5.48. The summed E-state index contributed by atoms with van der Waals surface area (Å²) in [6.45, 7) is 10.7. The van der Waals surface area contributed by atoms with E-state index in [1.165, 1.54) is 52.0 Å². The first-order chi connectivity index (χ1) is 7.66. The number of hydrogen-bond acceptors (Lipinski definition) is 3. The predicted molar refractivity (Wildman–Crippen MR) is 68.5 cm³/mol. The van der Waals surface area contributed by atoms with Crippen LogP contribution < -0.4 is 5.73 Å². The first-order valence-corrected chi connectivity index (χ1v) is 6.89. The van der Waals surface area contributed by atoms with Crippen molar-refractivity contribution in [1.29, 1.82) is 0 Å². The van der Waals surface area contributed by atoms with Crippen molar-refractivity contribution in [3.8, 4) is 0 Å². The van der Waals surface area contributed by atoms with Gasteiger partial charge in [0.1, 0.15) is 0 Å². The van der Waals surface area contributed by atoms with Gasteiger partial charge in [0.25, 0.3) is 0 Å². The molecule has 0 aromatic carbocycles. The van der Waals surface area contributed by atoms with Gasteiger partial charge in [-0.2, -0.15) is 0 Å². The smallest absolute Gasteiger partial charge is 0.0113 e. The lowest BCUT2D eigenvalue weighted by molar-refractivity contribution is 0.106. The highest BCUT2D eigenvalue weighted by molar-refractivity contribution is 4.85. The van der Waals surface area contributed by atoms with E-state index in [-0.39, 0.29) is 0 Å². The predicted octanol–water partition coefficient (Wildman–Crippen LogP) is 1.14. The quantitative estimate of drug-likeness (QED) is 0.761. The van der Waals surface area contributed by atoms with Crippen LogP contribution >= 0.6 is 0 Å². The van der Waals surface area contributed by atoms with Gasteiger partial charge >= 0.3 is 0 Å². The molecule has 1 aliphatic heterocycles. The van der Waals surface area contributed by atoms with Crippen LogP contribution in [0.15, 0.2) is 0 Å². The van der Waals surface area contributed by atoms with E-state index >= 15 is 0 Å². The third-order valence-electron chi connectivity index (χ3n) is 4.14. The van der Waals surface area contributed by atoms with Gasteiger partial charge in [0, 0.05) is 38.3 Å². The summed E-state index contributed by atoms with van der Waals surface area (Å²) in [5.74, 6) is 0.858. The van der Waals surface area contributed by atoms with Crippen LogP contribution in [0.1, 0.15) is 33.1 Å². The minimum atomic E-state index is 0.475.